The number of hydrogen-bond donors (Lipinski definition) is 1. The largest absolute Gasteiger partial charge is 0.321 e. The van der Waals surface area contributed by atoms with Crippen molar-refractivity contribution in [3.63, 3.8) is 0 Å². The highest BCUT2D eigenvalue weighted by Crippen LogP contribution is 2.22. The van der Waals surface area contributed by atoms with Crippen LogP contribution in [0.1, 0.15) is 23.0 Å². The molecule has 1 aliphatic heterocycles. The number of hydrogen-bond acceptors (Lipinski definition) is 5. The number of nitrogens with zero attached hydrogens (tertiary/aromatic N) is 5. The molecule has 146 valence electrons. The number of thioether (sulfide) groups is 1. The number of benzene rings is 2. The minimum Gasteiger partial charge on any atom is -0.321 e. The van der Waals surface area contributed by atoms with Gasteiger partial charge in [-0.1, -0.05) is 42.5 Å². The number of rotatable bonds is 5. The van der Waals surface area contributed by atoms with E-state index in [1.54, 1.807) is 0 Å². The van der Waals surface area contributed by atoms with Crippen LogP contribution in [0.5, 0.6) is 0 Å². The zero-order valence-electron chi connectivity index (χ0n) is 16.1. The van der Waals surface area contributed by atoms with E-state index in [2.05, 4.69) is 69.0 Å². The van der Waals surface area contributed by atoms with Crippen molar-refractivity contribution in [2.45, 2.75) is 12.6 Å². The SMILES string of the molecule is c1ccc(Cn2nnnc2[C@@H](c2ccc3ncccc3c2)[NH+]2CCSCC2)cc1. The normalized spacial score (nSPS) is 16.1. The second-order valence-electron chi connectivity index (χ2n) is 7.34. The Bertz CT molecular complexity index is 1090. The monoisotopic (exact) mass is 403 g/mol. The number of nitrogens with one attached hydrogen (secondary N) is 1. The van der Waals surface area contributed by atoms with Gasteiger partial charge in [0.15, 0.2) is 6.04 Å². The fourth-order valence-electron chi connectivity index (χ4n) is 4.05. The molecular formula is C22H23N6S+. The van der Waals surface area contributed by atoms with Crippen LogP contribution in [-0.2, 0) is 6.54 Å². The Kier molecular flexibility index (Phi) is 5.23. The highest BCUT2D eigenvalue weighted by Gasteiger charge is 2.33. The minimum absolute atomic E-state index is 0.110. The van der Waals surface area contributed by atoms with Crippen LogP contribution in [0.25, 0.3) is 10.9 Å². The van der Waals surface area contributed by atoms with Crippen molar-refractivity contribution in [3.05, 3.63) is 83.8 Å². The Morgan fingerprint density at radius 2 is 1.86 bits per heavy atom. The van der Waals surface area contributed by atoms with Crippen LogP contribution in [0.4, 0.5) is 0 Å². The van der Waals surface area contributed by atoms with E-state index in [-0.39, 0.29) is 6.04 Å². The van der Waals surface area contributed by atoms with Crippen molar-refractivity contribution in [3.8, 4) is 0 Å². The molecule has 0 spiro atoms. The van der Waals surface area contributed by atoms with E-state index in [0.29, 0.717) is 6.54 Å². The van der Waals surface area contributed by atoms with Crippen LogP contribution in [0.15, 0.2) is 66.9 Å². The lowest BCUT2D eigenvalue weighted by molar-refractivity contribution is -0.922. The van der Waals surface area contributed by atoms with Gasteiger partial charge in [0.1, 0.15) is 0 Å². The molecule has 2 aromatic carbocycles. The first-order valence-corrected chi connectivity index (χ1v) is 11.1. The van der Waals surface area contributed by atoms with Gasteiger partial charge in [-0.3, -0.25) is 4.98 Å². The Morgan fingerprint density at radius 3 is 2.72 bits per heavy atom. The summed E-state index contributed by atoms with van der Waals surface area (Å²) in [4.78, 5) is 6.00. The van der Waals surface area contributed by atoms with E-state index >= 15 is 0 Å². The zero-order chi connectivity index (χ0) is 19.5. The number of aromatic nitrogens is 5. The van der Waals surface area contributed by atoms with E-state index in [0.717, 1.165) is 29.8 Å². The molecule has 0 radical (unpaired) electrons. The highest BCUT2D eigenvalue weighted by molar-refractivity contribution is 7.99. The van der Waals surface area contributed by atoms with Gasteiger partial charge in [-0.05, 0) is 34.2 Å². The fourth-order valence-corrected chi connectivity index (χ4v) is 5.07. The Labute approximate surface area is 173 Å². The molecule has 0 saturated carbocycles. The molecule has 0 aliphatic carbocycles. The van der Waals surface area contributed by atoms with E-state index in [1.807, 2.05) is 34.8 Å². The molecule has 0 amide bonds. The summed E-state index contributed by atoms with van der Waals surface area (Å²) in [6.45, 7) is 2.90. The minimum atomic E-state index is 0.110. The number of tetrazole rings is 1. The van der Waals surface area contributed by atoms with Crippen LogP contribution in [-0.4, -0.2) is 49.8 Å². The molecule has 1 aliphatic rings. The summed E-state index contributed by atoms with van der Waals surface area (Å²) in [5, 5.41) is 14.1. The second-order valence-corrected chi connectivity index (χ2v) is 8.56. The van der Waals surface area contributed by atoms with Gasteiger partial charge in [0.25, 0.3) is 0 Å². The highest BCUT2D eigenvalue weighted by atomic mass is 32.2. The predicted octanol–water partition coefficient (Wildman–Crippen LogP) is 1.99. The van der Waals surface area contributed by atoms with Crippen LogP contribution in [0.3, 0.4) is 0 Å². The molecule has 1 N–H and O–H groups in total. The van der Waals surface area contributed by atoms with Crippen molar-refractivity contribution >= 4 is 22.7 Å². The third-order valence-electron chi connectivity index (χ3n) is 5.50. The molecule has 29 heavy (non-hydrogen) atoms. The van der Waals surface area contributed by atoms with Gasteiger partial charge < -0.3 is 4.90 Å². The predicted molar refractivity (Wildman–Crippen MR) is 115 cm³/mol. The topological polar surface area (TPSA) is 60.9 Å². The molecule has 4 aromatic rings. The molecular weight excluding hydrogens is 380 g/mol. The molecule has 5 rings (SSSR count). The molecule has 3 heterocycles. The summed E-state index contributed by atoms with van der Waals surface area (Å²) in [5.74, 6) is 3.27. The fraction of sp³-hybridized carbons (Fsp3) is 0.273. The summed E-state index contributed by atoms with van der Waals surface area (Å²) >= 11 is 2.03. The van der Waals surface area contributed by atoms with Crippen LogP contribution in [0.2, 0.25) is 0 Å². The summed E-state index contributed by atoms with van der Waals surface area (Å²) in [6.07, 6.45) is 1.84. The summed E-state index contributed by atoms with van der Waals surface area (Å²) in [7, 11) is 0. The van der Waals surface area contributed by atoms with Gasteiger partial charge in [0, 0.05) is 28.7 Å². The van der Waals surface area contributed by atoms with E-state index in [9.17, 15) is 0 Å². The van der Waals surface area contributed by atoms with Crippen molar-refractivity contribution in [1.29, 1.82) is 0 Å². The van der Waals surface area contributed by atoms with E-state index < -0.39 is 0 Å². The first-order chi connectivity index (χ1) is 14.4. The van der Waals surface area contributed by atoms with Crippen molar-refractivity contribution in [2.24, 2.45) is 0 Å². The first-order valence-electron chi connectivity index (χ1n) is 9.95. The summed E-state index contributed by atoms with van der Waals surface area (Å²) < 4.78 is 1.96. The maximum absolute atomic E-state index is 4.50. The van der Waals surface area contributed by atoms with Crippen molar-refractivity contribution in [1.82, 2.24) is 25.2 Å². The lowest BCUT2D eigenvalue weighted by atomic mass is 10.0. The van der Waals surface area contributed by atoms with E-state index in [4.69, 9.17) is 0 Å². The molecule has 1 atom stereocenters. The Morgan fingerprint density at radius 1 is 1.00 bits per heavy atom. The standard InChI is InChI=1S/C22H22N6S/c1-2-5-17(6-3-1)16-28-22(24-25-26-28)21(27-11-13-29-14-12-27)19-8-9-20-18(15-19)7-4-10-23-20/h1-10,15,21H,11-14,16H2/p+1/t21-/m1/s1. The van der Waals surface area contributed by atoms with Crippen LogP contribution < -0.4 is 4.90 Å². The number of fused-ring (bicyclic) bond motifs is 1. The van der Waals surface area contributed by atoms with Crippen molar-refractivity contribution < 1.29 is 4.90 Å². The smallest absolute Gasteiger partial charge is 0.214 e. The van der Waals surface area contributed by atoms with Gasteiger partial charge in [0.2, 0.25) is 5.82 Å². The van der Waals surface area contributed by atoms with Gasteiger partial charge >= 0.3 is 0 Å². The third kappa shape index (κ3) is 3.88. The van der Waals surface area contributed by atoms with Crippen LogP contribution in [0, 0.1) is 0 Å². The van der Waals surface area contributed by atoms with Crippen LogP contribution >= 0.6 is 11.8 Å². The zero-order valence-corrected chi connectivity index (χ0v) is 16.9. The molecule has 0 unspecified atom stereocenters. The average Bonchev–Trinajstić information content (AvgIpc) is 3.23. The first kappa shape index (κ1) is 18.3. The molecule has 2 aromatic heterocycles. The molecule has 7 heteroatoms. The van der Waals surface area contributed by atoms with Gasteiger partial charge in [0.05, 0.1) is 25.2 Å². The summed E-state index contributed by atoms with van der Waals surface area (Å²) in [6, 6.07) is 21.2. The second kappa shape index (κ2) is 8.31. The molecule has 6 nitrogen and oxygen atoms in total. The third-order valence-corrected chi connectivity index (χ3v) is 6.48. The van der Waals surface area contributed by atoms with Crippen molar-refractivity contribution in [2.75, 3.05) is 24.6 Å². The van der Waals surface area contributed by atoms with E-state index in [1.165, 1.54) is 27.5 Å². The lowest BCUT2D eigenvalue weighted by Crippen LogP contribution is -3.14. The Hall–Kier alpha value is -2.77. The molecule has 1 saturated heterocycles. The molecule has 1 fully saturated rings. The maximum atomic E-state index is 4.50. The van der Waals surface area contributed by atoms with Gasteiger partial charge in [-0.25, -0.2) is 4.68 Å². The number of quaternary nitrogens is 1. The van der Waals surface area contributed by atoms with Gasteiger partial charge in [-0.15, -0.1) is 5.10 Å². The molecule has 0 bridgehead atoms. The maximum Gasteiger partial charge on any atom is 0.214 e. The number of pyridine rings is 1. The Balaban J connectivity index is 1.57. The lowest BCUT2D eigenvalue weighted by Gasteiger charge is -2.31. The quantitative estimate of drug-likeness (QED) is 0.552. The summed E-state index contributed by atoms with van der Waals surface area (Å²) in [5.41, 5.74) is 3.46. The van der Waals surface area contributed by atoms with Gasteiger partial charge in [-0.2, -0.15) is 11.8 Å². The average molecular weight is 404 g/mol.